The lowest BCUT2D eigenvalue weighted by atomic mass is 9.55. The topological polar surface area (TPSA) is 53.0 Å². The first-order chi connectivity index (χ1) is 15.3. The first kappa shape index (κ1) is 22.2. The average molecular weight is 459 g/mol. The Kier molecular flexibility index (Phi) is 5.80. The summed E-state index contributed by atoms with van der Waals surface area (Å²) in [7, 11) is 0. The van der Waals surface area contributed by atoms with Gasteiger partial charge in [-0.25, -0.2) is 0 Å². The molecule has 4 aliphatic rings. The van der Waals surface area contributed by atoms with Gasteiger partial charge in [0.15, 0.2) is 0 Å². The van der Waals surface area contributed by atoms with Crippen LogP contribution in [0.3, 0.4) is 0 Å². The van der Waals surface area contributed by atoms with Gasteiger partial charge in [0.1, 0.15) is 6.10 Å². The molecular weight excluding hydrogens is 424 g/mol. The molecule has 3 fully saturated rings. The highest BCUT2D eigenvalue weighted by Crippen LogP contribution is 2.56. The summed E-state index contributed by atoms with van der Waals surface area (Å²) in [5.74, 6) is -0.0673. The maximum Gasteiger partial charge on any atom is 0.311 e. The van der Waals surface area contributed by atoms with Crippen molar-refractivity contribution in [1.82, 2.24) is 4.90 Å². The van der Waals surface area contributed by atoms with E-state index in [4.69, 9.17) is 16.3 Å². The van der Waals surface area contributed by atoms with Crippen molar-refractivity contribution in [2.24, 2.45) is 23.2 Å². The molecule has 1 aromatic rings. The molecule has 2 heterocycles. The lowest BCUT2D eigenvalue weighted by Crippen LogP contribution is -2.55. The number of aliphatic hydroxyl groups is 1. The Morgan fingerprint density at radius 2 is 2.00 bits per heavy atom. The molecule has 0 bridgehead atoms. The Balaban J connectivity index is 1.28. The SMILES string of the molecule is Cc1ccc(Cl)cc1N1CCN(C[C@H]2C(=O)O[C@@H]3CC4=CCC[C@@H](C)[C@@]4(C)[C@H](O)[C@H]32)CC1. The molecule has 1 aromatic carbocycles. The number of piperazine rings is 1. The van der Waals surface area contributed by atoms with E-state index in [2.05, 4.69) is 42.7 Å². The number of benzene rings is 1. The van der Waals surface area contributed by atoms with Crippen LogP contribution in [0.25, 0.3) is 0 Å². The van der Waals surface area contributed by atoms with Gasteiger partial charge in [0, 0.05) is 61.2 Å². The molecule has 0 amide bonds. The van der Waals surface area contributed by atoms with Gasteiger partial charge in [0.25, 0.3) is 0 Å². The fraction of sp³-hybridized carbons (Fsp3) is 0.654. The summed E-state index contributed by atoms with van der Waals surface area (Å²) in [6, 6.07) is 6.04. The van der Waals surface area contributed by atoms with Crippen molar-refractivity contribution in [3.05, 3.63) is 40.4 Å². The number of rotatable bonds is 3. The zero-order valence-electron chi connectivity index (χ0n) is 19.4. The van der Waals surface area contributed by atoms with E-state index in [1.54, 1.807) is 0 Å². The highest BCUT2D eigenvalue weighted by molar-refractivity contribution is 6.30. The van der Waals surface area contributed by atoms with Gasteiger partial charge in [0.05, 0.1) is 12.0 Å². The second kappa shape index (κ2) is 8.34. The monoisotopic (exact) mass is 458 g/mol. The van der Waals surface area contributed by atoms with Crippen LogP contribution in [0.2, 0.25) is 5.02 Å². The molecule has 0 radical (unpaired) electrons. The highest BCUT2D eigenvalue weighted by atomic mass is 35.5. The van der Waals surface area contributed by atoms with E-state index in [-0.39, 0.29) is 29.3 Å². The molecule has 5 rings (SSSR count). The van der Waals surface area contributed by atoms with Crippen LogP contribution in [-0.4, -0.2) is 60.9 Å². The summed E-state index contributed by atoms with van der Waals surface area (Å²) in [5.41, 5.74) is 3.48. The Morgan fingerprint density at radius 3 is 2.75 bits per heavy atom. The molecule has 0 unspecified atom stereocenters. The fourth-order valence-corrected chi connectivity index (χ4v) is 6.81. The van der Waals surface area contributed by atoms with E-state index in [1.807, 2.05) is 12.1 Å². The Labute approximate surface area is 196 Å². The van der Waals surface area contributed by atoms with Gasteiger partial charge in [-0.05, 0) is 43.4 Å². The van der Waals surface area contributed by atoms with Crippen molar-refractivity contribution < 1.29 is 14.6 Å². The quantitative estimate of drug-likeness (QED) is 0.547. The summed E-state index contributed by atoms with van der Waals surface area (Å²) in [6.07, 6.45) is 4.52. The predicted octanol–water partition coefficient (Wildman–Crippen LogP) is 4.06. The number of fused-ring (bicyclic) bond motifs is 2. The van der Waals surface area contributed by atoms with Crippen LogP contribution in [0.15, 0.2) is 29.8 Å². The van der Waals surface area contributed by atoms with Crippen LogP contribution in [0.1, 0.15) is 38.7 Å². The maximum absolute atomic E-state index is 12.9. The molecule has 0 aromatic heterocycles. The van der Waals surface area contributed by atoms with Gasteiger partial charge in [-0.3, -0.25) is 9.69 Å². The van der Waals surface area contributed by atoms with E-state index in [0.717, 1.165) is 50.5 Å². The average Bonchev–Trinajstić information content (AvgIpc) is 3.08. The Morgan fingerprint density at radius 1 is 1.25 bits per heavy atom. The number of ether oxygens (including phenoxy) is 1. The fourth-order valence-electron chi connectivity index (χ4n) is 6.65. The second-order valence-electron chi connectivity index (χ2n) is 10.5. The van der Waals surface area contributed by atoms with Gasteiger partial charge in [-0.2, -0.15) is 0 Å². The highest BCUT2D eigenvalue weighted by Gasteiger charge is 2.59. The number of halogens is 1. The standard InChI is InChI=1S/C26H35ClN2O3/c1-16-7-8-19(27)14-21(16)29-11-9-28(10-12-29)15-20-23-22(32-25(20)31)13-18-6-4-5-17(2)26(18,3)24(23)30/h6-8,14,17,20,22-24,30H,4-5,9-13,15H2,1-3H3/t17-,20-,22-,23+,24-,26-/m1/s1. The Bertz CT molecular complexity index is 926. The van der Waals surface area contributed by atoms with E-state index in [0.29, 0.717) is 12.5 Å². The normalized spacial score (nSPS) is 37.5. The number of hydrogen-bond acceptors (Lipinski definition) is 5. The number of allylic oxidation sites excluding steroid dienone is 1. The molecule has 6 atom stereocenters. The summed E-state index contributed by atoms with van der Waals surface area (Å²) in [4.78, 5) is 17.7. The molecule has 1 saturated carbocycles. The van der Waals surface area contributed by atoms with Crippen molar-refractivity contribution >= 4 is 23.3 Å². The van der Waals surface area contributed by atoms with Crippen LogP contribution >= 0.6 is 11.6 Å². The van der Waals surface area contributed by atoms with E-state index in [1.165, 1.54) is 16.8 Å². The lowest BCUT2D eigenvalue weighted by molar-refractivity contribution is -0.145. The summed E-state index contributed by atoms with van der Waals surface area (Å²) in [5, 5.41) is 12.3. The Hall–Kier alpha value is -1.56. The number of esters is 1. The van der Waals surface area contributed by atoms with Gasteiger partial charge in [-0.1, -0.05) is 43.2 Å². The number of hydrogen-bond donors (Lipinski definition) is 1. The predicted molar refractivity (Wildman–Crippen MR) is 127 cm³/mol. The van der Waals surface area contributed by atoms with Crippen molar-refractivity contribution in [1.29, 1.82) is 0 Å². The summed E-state index contributed by atoms with van der Waals surface area (Å²) < 4.78 is 5.85. The van der Waals surface area contributed by atoms with Gasteiger partial charge < -0.3 is 14.7 Å². The third-order valence-corrected chi connectivity index (χ3v) is 9.14. The molecular formula is C26H35ClN2O3. The van der Waals surface area contributed by atoms with Gasteiger partial charge >= 0.3 is 5.97 Å². The molecule has 2 aliphatic heterocycles. The molecule has 0 spiro atoms. The second-order valence-corrected chi connectivity index (χ2v) is 11.0. The zero-order chi connectivity index (χ0) is 22.6. The van der Waals surface area contributed by atoms with Gasteiger partial charge in [0.2, 0.25) is 0 Å². The third-order valence-electron chi connectivity index (χ3n) is 8.91. The minimum Gasteiger partial charge on any atom is -0.461 e. The van der Waals surface area contributed by atoms with Crippen molar-refractivity contribution in [2.45, 2.75) is 52.2 Å². The smallest absolute Gasteiger partial charge is 0.311 e. The van der Waals surface area contributed by atoms with E-state index >= 15 is 0 Å². The van der Waals surface area contributed by atoms with Gasteiger partial charge in [-0.15, -0.1) is 0 Å². The minimum atomic E-state index is -0.533. The lowest BCUT2D eigenvalue weighted by Gasteiger charge is -2.52. The minimum absolute atomic E-state index is 0.113. The molecule has 2 aliphatic carbocycles. The van der Waals surface area contributed by atoms with Crippen molar-refractivity contribution in [2.75, 3.05) is 37.6 Å². The number of aliphatic hydroxyl groups excluding tert-OH is 1. The molecule has 2 saturated heterocycles. The third kappa shape index (κ3) is 3.57. The van der Waals surface area contributed by atoms with Crippen LogP contribution < -0.4 is 4.90 Å². The molecule has 32 heavy (non-hydrogen) atoms. The summed E-state index contributed by atoms with van der Waals surface area (Å²) in [6.45, 7) is 10.8. The number of carbonyl (C=O) groups is 1. The van der Waals surface area contributed by atoms with Crippen LogP contribution in [-0.2, 0) is 9.53 Å². The molecule has 174 valence electrons. The summed E-state index contributed by atoms with van der Waals surface area (Å²) >= 11 is 6.23. The van der Waals surface area contributed by atoms with E-state index in [9.17, 15) is 9.90 Å². The molecule has 6 heteroatoms. The van der Waals surface area contributed by atoms with E-state index < -0.39 is 6.10 Å². The van der Waals surface area contributed by atoms with Crippen LogP contribution in [0, 0.1) is 30.1 Å². The number of nitrogens with zero attached hydrogens (tertiary/aromatic N) is 2. The first-order valence-electron chi connectivity index (χ1n) is 12.1. The number of anilines is 1. The van der Waals surface area contributed by atoms with Crippen LogP contribution in [0.4, 0.5) is 5.69 Å². The van der Waals surface area contributed by atoms with Crippen molar-refractivity contribution in [3.63, 3.8) is 0 Å². The van der Waals surface area contributed by atoms with Crippen LogP contribution in [0.5, 0.6) is 0 Å². The number of aryl methyl sites for hydroxylation is 1. The molecule has 1 N–H and O–H groups in total. The zero-order valence-corrected chi connectivity index (χ0v) is 20.1. The first-order valence-corrected chi connectivity index (χ1v) is 12.5. The molecule has 5 nitrogen and oxygen atoms in total. The number of carbonyl (C=O) groups excluding carboxylic acids is 1. The largest absolute Gasteiger partial charge is 0.461 e. The maximum atomic E-state index is 12.9. The van der Waals surface area contributed by atoms with Crippen molar-refractivity contribution in [3.8, 4) is 0 Å².